The van der Waals surface area contributed by atoms with Crippen molar-refractivity contribution in [2.24, 2.45) is 0 Å². The predicted octanol–water partition coefficient (Wildman–Crippen LogP) is 6.21. The second kappa shape index (κ2) is 6.07. The molecule has 102 valence electrons. The fraction of sp³-hybridized carbons (Fsp3) is 0.222. The number of allylic oxidation sites excluding steroid dienone is 2. The Hall–Kier alpha value is -1.18. The average Bonchev–Trinajstić information content (AvgIpc) is 2.48. The topological polar surface area (TPSA) is 0 Å². The van der Waals surface area contributed by atoms with Gasteiger partial charge in [-0.1, -0.05) is 60.1 Å². The Kier molecular flexibility index (Phi) is 4.18. The van der Waals surface area contributed by atoms with Crippen LogP contribution >= 0.6 is 23.4 Å². The smallest absolute Gasteiger partial charge is 0.0406 e. The molecular formula is C18H17ClS. The minimum atomic E-state index is 0.512. The van der Waals surface area contributed by atoms with Gasteiger partial charge in [-0.25, -0.2) is 0 Å². The van der Waals surface area contributed by atoms with E-state index in [9.17, 15) is 0 Å². The zero-order chi connectivity index (χ0) is 13.9. The molecule has 0 amide bonds. The van der Waals surface area contributed by atoms with Crippen molar-refractivity contribution in [1.29, 1.82) is 0 Å². The van der Waals surface area contributed by atoms with Crippen LogP contribution in [0, 0.1) is 0 Å². The summed E-state index contributed by atoms with van der Waals surface area (Å²) in [6.45, 7) is 2.21. The predicted molar refractivity (Wildman–Crippen MR) is 89.3 cm³/mol. The van der Waals surface area contributed by atoms with Gasteiger partial charge < -0.3 is 0 Å². The van der Waals surface area contributed by atoms with Crippen molar-refractivity contribution in [3.63, 3.8) is 0 Å². The van der Waals surface area contributed by atoms with Gasteiger partial charge in [0.2, 0.25) is 0 Å². The Balaban J connectivity index is 1.86. The molecule has 0 aliphatic carbocycles. The molecule has 0 bridgehead atoms. The molecule has 2 atom stereocenters. The Morgan fingerprint density at radius 2 is 1.65 bits per heavy atom. The van der Waals surface area contributed by atoms with E-state index in [4.69, 9.17) is 11.6 Å². The van der Waals surface area contributed by atoms with Gasteiger partial charge in [-0.15, -0.1) is 11.8 Å². The maximum Gasteiger partial charge on any atom is 0.0406 e. The molecule has 0 saturated carbocycles. The van der Waals surface area contributed by atoms with E-state index in [2.05, 4.69) is 55.5 Å². The first-order chi connectivity index (χ1) is 9.72. The van der Waals surface area contributed by atoms with Gasteiger partial charge in [-0.3, -0.25) is 0 Å². The van der Waals surface area contributed by atoms with E-state index in [0.717, 1.165) is 11.4 Å². The molecule has 2 aromatic carbocycles. The summed E-state index contributed by atoms with van der Waals surface area (Å²) in [6, 6.07) is 19.1. The maximum atomic E-state index is 5.99. The number of hydrogen-bond donors (Lipinski definition) is 0. The fourth-order valence-corrected chi connectivity index (χ4v) is 4.12. The first kappa shape index (κ1) is 13.8. The summed E-state index contributed by atoms with van der Waals surface area (Å²) in [7, 11) is 0. The van der Waals surface area contributed by atoms with Crippen molar-refractivity contribution in [3.05, 3.63) is 81.7 Å². The van der Waals surface area contributed by atoms with Crippen molar-refractivity contribution >= 4 is 23.4 Å². The highest BCUT2D eigenvalue weighted by atomic mass is 35.5. The molecule has 1 aliphatic rings. The lowest BCUT2D eigenvalue weighted by Crippen LogP contribution is -2.07. The SMILES string of the molecule is CC1=CC(c2ccccc2)CC(c2ccc(Cl)cc2)S1. The van der Waals surface area contributed by atoms with E-state index in [1.54, 1.807) is 0 Å². The summed E-state index contributed by atoms with van der Waals surface area (Å²) in [4.78, 5) is 1.41. The zero-order valence-corrected chi connectivity index (χ0v) is 13.0. The first-order valence-electron chi connectivity index (χ1n) is 6.88. The highest BCUT2D eigenvalue weighted by molar-refractivity contribution is 8.03. The third-order valence-corrected chi connectivity index (χ3v) is 5.21. The highest BCUT2D eigenvalue weighted by Gasteiger charge is 2.23. The van der Waals surface area contributed by atoms with Crippen LogP contribution in [0.5, 0.6) is 0 Å². The zero-order valence-electron chi connectivity index (χ0n) is 11.4. The minimum Gasteiger partial charge on any atom is -0.123 e. The lowest BCUT2D eigenvalue weighted by atomic mass is 9.91. The number of rotatable bonds is 2. The molecule has 0 aromatic heterocycles. The van der Waals surface area contributed by atoms with Crippen LogP contribution in [0.1, 0.15) is 35.6 Å². The van der Waals surface area contributed by atoms with Gasteiger partial charge in [0.25, 0.3) is 0 Å². The summed E-state index contributed by atoms with van der Waals surface area (Å²) in [5.41, 5.74) is 2.78. The molecular weight excluding hydrogens is 284 g/mol. The molecule has 1 heterocycles. The van der Waals surface area contributed by atoms with Gasteiger partial charge in [0.1, 0.15) is 0 Å². The highest BCUT2D eigenvalue weighted by Crippen LogP contribution is 2.47. The number of thioether (sulfide) groups is 1. The number of hydrogen-bond acceptors (Lipinski definition) is 1. The molecule has 0 spiro atoms. The molecule has 0 fully saturated rings. The first-order valence-corrected chi connectivity index (χ1v) is 8.13. The molecule has 3 rings (SSSR count). The van der Waals surface area contributed by atoms with Crippen LogP contribution in [0.15, 0.2) is 65.6 Å². The van der Waals surface area contributed by atoms with Crippen LogP contribution < -0.4 is 0 Å². The van der Waals surface area contributed by atoms with Crippen LogP contribution in [-0.4, -0.2) is 0 Å². The Labute approximate surface area is 129 Å². The van der Waals surface area contributed by atoms with Crippen LogP contribution in [0.3, 0.4) is 0 Å². The van der Waals surface area contributed by atoms with Crippen molar-refractivity contribution in [3.8, 4) is 0 Å². The molecule has 2 unspecified atom stereocenters. The van der Waals surface area contributed by atoms with Crippen LogP contribution in [0.25, 0.3) is 0 Å². The fourth-order valence-electron chi connectivity index (χ4n) is 2.71. The van der Waals surface area contributed by atoms with Crippen LogP contribution in [0.4, 0.5) is 0 Å². The van der Waals surface area contributed by atoms with Crippen molar-refractivity contribution in [1.82, 2.24) is 0 Å². The normalized spacial score (nSPS) is 22.4. The largest absolute Gasteiger partial charge is 0.123 e. The third kappa shape index (κ3) is 3.11. The Morgan fingerprint density at radius 1 is 0.950 bits per heavy atom. The monoisotopic (exact) mass is 300 g/mol. The maximum absolute atomic E-state index is 5.99. The van der Waals surface area contributed by atoms with Crippen molar-refractivity contribution < 1.29 is 0 Å². The quantitative estimate of drug-likeness (QED) is 0.635. The molecule has 2 aromatic rings. The Bertz CT molecular complexity index is 601. The van der Waals surface area contributed by atoms with Gasteiger partial charge in [0.15, 0.2) is 0 Å². The average molecular weight is 301 g/mol. The molecule has 0 radical (unpaired) electrons. The molecule has 0 nitrogen and oxygen atoms in total. The molecule has 2 heteroatoms. The third-order valence-electron chi connectivity index (χ3n) is 3.70. The van der Waals surface area contributed by atoms with E-state index < -0.39 is 0 Å². The minimum absolute atomic E-state index is 0.512. The van der Waals surface area contributed by atoms with Crippen molar-refractivity contribution in [2.45, 2.75) is 24.5 Å². The van der Waals surface area contributed by atoms with Gasteiger partial charge >= 0.3 is 0 Å². The lowest BCUT2D eigenvalue weighted by molar-refractivity contribution is 0.713. The summed E-state index contributed by atoms with van der Waals surface area (Å²) in [5.74, 6) is 0.512. The lowest BCUT2D eigenvalue weighted by Gasteiger charge is -2.27. The van der Waals surface area contributed by atoms with E-state index in [1.807, 2.05) is 23.9 Å². The standard InChI is InChI=1S/C18H17ClS/c1-13-11-16(14-5-3-2-4-6-14)12-18(20-13)15-7-9-17(19)10-8-15/h2-11,16,18H,12H2,1H3. The molecule has 0 N–H and O–H groups in total. The molecule has 20 heavy (non-hydrogen) atoms. The second-order valence-corrected chi connectivity index (χ2v) is 7.07. The summed E-state index contributed by atoms with van der Waals surface area (Å²) >= 11 is 7.95. The van der Waals surface area contributed by atoms with Crippen LogP contribution in [0.2, 0.25) is 5.02 Å². The van der Waals surface area contributed by atoms with Gasteiger partial charge in [0, 0.05) is 16.2 Å². The summed E-state index contributed by atoms with van der Waals surface area (Å²) in [5, 5.41) is 1.32. The number of halogens is 1. The van der Waals surface area contributed by atoms with E-state index in [-0.39, 0.29) is 0 Å². The Morgan fingerprint density at radius 3 is 2.35 bits per heavy atom. The molecule has 1 aliphatic heterocycles. The summed E-state index contributed by atoms with van der Waals surface area (Å²) in [6.07, 6.45) is 3.54. The van der Waals surface area contributed by atoms with Gasteiger partial charge in [-0.2, -0.15) is 0 Å². The van der Waals surface area contributed by atoms with E-state index in [0.29, 0.717) is 11.2 Å². The van der Waals surface area contributed by atoms with E-state index >= 15 is 0 Å². The van der Waals surface area contributed by atoms with E-state index in [1.165, 1.54) is 16.0 Å². The van der Waals surface area contributed by atoms with Crippen LogP contribution in [-0.2, 0) is 0 Å². The van der Waals surface area contributed by atoms with Gasteiger partial charge in [-0.05, 0) is 41.5 Å². The summed E-state index contributed by atoms with van der Waals surface area (Å²) < 4.78 is 0. The number of benzene rings is 2. The second-order valence-electron chi connectivity index (χ2n) is 5.19. The van der Waals surface area contributed by atoms with Gasteiger partial charge in [0.05, 0.1) is 0 Å². The molecule has 0 saturated heterocycles. The van der Waals surface area contributed by atoms with Crippen molar-refractivity contribution in [2.75, 3.05) is 0 Å².